The highest BCUT2D eigenvalue weighted by Crippen LogP contribution is 2.49. The maximum absolute atomic E-state index is 12.2. The molecule has 0 aromatic carbocycles. The molecule has 100 valence electrons. The van der Waals surface area contributed by atoms with E-state index in [0.717, 1.165) is 36.4 Å². The highest BCUT2D eigenvalue weighted by molar-refractivity contribution is 5.94. The second-order valence-electron chi connectivity index (χ2n) is 6.43. The summed E-state index contributed by atoms with van der Waals surface area (Å²) in [5, 5.41) is 6.42. The van der Waals surface area contributed by atoms with E-state index in [1.54, 1.807) is 0 Å². The SMILES string of the molecule is CC(C(=O)NC(C)C1CC2CCC1C2)=C1CNC1. The molecule has 4 atom stereocenters. The van der Waals surface area contributed by atoms with E-state index < -0.39 is 0 Å². The molecule has 18 heavy (non-hydrogen) atoms. The Labute approximate surface area is 109 Å². The third-order valence-corrected chi connectivity index (χ3v) is 5.34. The molecule has 2 saturated carbocycles. The predicted molar refractivity (Wildman–Crippen MR) is 72.1 cm³/mol. The minimum absolute atomic E-state index is 0.154. The Bertz CT molecular complexity index is 382. The fraction of sp³-hybridized carbons (Fsp3) is 0.800. The van der Waals surface area contributed by atoms with Crippen LogP contribution in [-0.4, -0.2) is 25.0 Å². The third-order valence-electron chi connectivity index (χ3n) is 5.34. The average molecular weight is 248 g/mol. The van der Waals surface area contributed by atoms with Gasteiger partial charge in [-0.05, 0) is 56.4 Å². The molecule has 2 bridgehead atoms. The monoisotopic (exact) mass is 248 g/mol. The van der Waals surface area contributed by atoms with Crippen LogP contribution in [0.4, 0.5) is 0 Å². The first-order valence-electron chi connectivity index (χ1n) is 7.35. The maximum atomic E-state index is 12.2. The van der Waals surface area contributed by atoms with Crippen LogP contribution in [0.15, 0.2) is 11.1 Å². The molecule has 1 saturated heterocycles. The van der Waals surface area contributed by atoms with Crippen LogP contribution in [0.5, 0.6) is 0 Å². The third kappa shape index (κ3) is 2.09. The molecule has 1 heterocycles. The lowest BCUT2D eigenvalue weighted by atomic mass is 9.84. The highest BCUT2D eigenvalue weighted by Gasteiger charge is 2.42. The highest BCUT2D eigenvalue weighted by atomic mass is 16.1. The van der Waals surface area contributed by atoms with Crippen LogP contribution in [0.1, 0.15) is 39.5 Å². The van der Waals surface area contributed by atoms with Gasteiger partial charge >= 0.3 is 0 Å². The summed E-state index contributed by atoms with van der Waals surface area (Å²) in [5.41, 5.74) is 2.20. The Hall–Kier alpha value is -0.830. The first-order chi connectivity index (χ1) is 8.65. The van der Waals surface area contributed by atoms with Crippen LogP contribution < -0.4 is 10.6 Å². The summed E-state index contributed by atoms with van der Waals surface area (Å²) in [6.45, 7) is 5.93. The topological polar surface area (TPSA) is 41.1 Å². The van der Waals surface area contributed by atoms with Crippen molar-refractivity contribution in [3.63, 3.8) is 0 Å². The molecule has 3 fully saturated rings. The summed E-state index contributed by atoms with van der Waals surface area (Å²) < 4.78 is 0. The first kappa shape index (κ1) is 12.2. The van der Waals surface area contributed by atoms with Gasteiger partial charge in [-0.15, -0.1) is 0 Å². The fourth-order valence-corrected chi connectivity index (χ4v) is 4.00. The molecule has 3 heteroatoms. The van der Waals surface area contributed by atoms with E-state index in [-0.39, 0.29) is 5.91 Å². The van der Waals surface area contributed by atoms with E-state index in [4.69, 9.17) is 0 Å². The van der Waals surface area contributed by atoms with E-state index in [0.29, 0.717) is 6.04 Å². The number of fused-ring (bicyclic) bond motifs is 2. The van der Waals surface area contributed by atoms with Crippen molar-refractivity contribution in [3.05, 3.63) is 11.1 Å². The van der Waals surface area contributed by atoms with Crippen LogP contribution >= 0.6 is 0 Å². The van der Waals surface area contributed by atoms with Crippen molar-refractivity contribution in [3.8, 4) is 0 Å². The molecule has 4 unspecified atom stereocenters. The van der Waals surface area contributed by atoms with Crippen LogP contribution in [0.25, 0.3) is 0 Å². The number of carbonyl (C=O) groups excluding carboxylic acids is 1. The van der Waals surface area contributed by atoms with Crippen LogP contribution in [0.2, 0.25) is 0 Å². The normalized spacial score (nSPS) is 35.2. The minimum atomic E-state index is 0.154. The molecule has 3 nitrogen and oxygen atoms in total. The van der Waals surface area contributed by atoms with Gasteiger partial charge in [0.15, 0.2) is 0 Å². The lowest BCUT2D eigenvalue weighted by molar-refractivity contribution is -0.118. The van der Waals surface area contributed by atoms with Crippen molar-refractivity contribution in [2.45, 2.75) is 45.6 Å². The fourth-order valence-electron chi connectivity index (χ4n) is 4.00. The van der Waals surface area contributed by atoms with Crippen LogP contribution in [-0.2, 0) is 4.79 Å². The van der Waals surface area contributed by atoms with Crippen LogP contribution in [0, 0.1) is 17.8 Å². The van der Waals surface area contributed by atoms with Crippen molar-refractivity contribution in [2.75, 3.05) is 13.1 Å². The quantitative estimate of drug-likeness (QED) is 0.748. The number of nitrogens with one attached hydrogen (secondary N) is 2. The Kier molecular flexibility index (Phi) is 3.18. The molecular formula is C15H24N2O. The lowest BCUT2D eigenvalue weighted by Gasteiger charge is -2.29. The summed E-state index contributed by atoms with van der Waals surface area (Å²) in [7, 11) is 0. The van der Waals surface area contributed by atoms with Gasteiger partial charge in [0, 0.05) is 24.7 Å². The van der Waals surface area contributed by atoms with E-state index >= 15 is 0 Å². The zero-order valence-corrected chi connectivity index (χ0v) is 11.5. The Balaban J connectivity index is 1.57. The van der Waals surface area contributed by atoms with Crippen molar-refractivity contribution >= 4 is 5.91 Å². The van der Waals surface area contributed by atoms with E-state index in [1.165, 1.54) is 31.3 Å². The molecule has 2 aliphatic carbocycles. The van der Waals surface area contributed by atoms with Gasteiger partial charge in [-0.3, -0.25) is 4.79 Å². The molecule has 1 aliphatic heterocycles. The summed E-state index contributed by atoms with van der Waals surface area (Å²) in [6, 6.07) is 0.344. The van der Waals surface area contributed by atoms with Gasteiger partial charge in [0.25, 0.3) is 0 Å². The Morgan fingerprint density at radius 1 is 1.33 bits per heavy atom. The molecular weight excluding hydrogens is 224 g/mol. The number of hydrogen-bond donors (Lipinski definition) is 2. The number of amides is 1. The van der Waals surface area contributed by atoms with Gasteiger partial charge < -0.3 is 10.6 Å². The molecule has 0 aromatic heterocycles. The van der Waals surface area contributed by atoms with Crippen molar-refractivity contribution in [1.82, 2.24) is 10.6 Å². The second-order valence-corrected chi connectivity index (χ2v) is 6.43. The smallest absolute Gasteiger partial charge is 0.247 e. The number of carbonyl (C=O) groups is 1. The van der Waals surface area contributed by atoms with Crippen LogP contribution in [0.3, 0.4) is 0 Å². The summed E-state index contributed by atoms with van der Waals surface area (Å²) in [6.07, 6.45) is 5.56. The van der Waals surface area contributed by atoms with Crippen molar-refractivity contribution < 1.29 is 4.79 Å². The van der Waals surface area contributed by atoms with Crippen molar-refractivity contribution in [2.24, 2.45) is 17.8 Å². The summed E-state index contributed by atoms with van der Waals surface area (Å²) in [5.74, 6) is 2.71. The average Bonchev–Trinajstić information content (AvgIpc) is 2.87. The predicted octanol–water partition coefficient (Wildman–Crippen LogP) is 1.85. The Morgan fingerprint density at radius 3 is 2.61 bits per heavy atom. The van der Waals surface area contributed by atoms with Gasteiger partial charge in [0.2, 0.25) is 5.91 Å². The molecule has 0 aromatic rings. The number of hydrogen-bond acceptors (Lipinski definition) is 2. The van der Waals surface area contributed by atoms with Gasteiger partial charge in [-0.25, -0.2) is 0 Å². The Morgan fingerprint density at radius 2 is 2.11 bits per heavy atom. The molecule has 3 aliphatic rings. The van der Waals surface area contributed by atoms with Gasteiger partial charge in [-0.1, -0.05) is 6.42 Å². The first-order valence-corrected chi connectivity index (χ1v) is 7.35. The van der Waals surface area contributed by atoms with E-state index in [9.17, 15) is 4.79 Å². The maximum Gasteiger partial charge on any atom is 0.247 e. The summed E-state index contributed by atoms with van der Waals surface area (Å²) in [4.78, 5) is 12.2. The van der Waals surface area contributed by atoms with E-state index in [2.05, 4.69) is 17.6 Å². The molecule has 1 amide bonds. The molecule has 0 radical (unpaired) electrons. The molecule has 3 rings (SSSR count). The molecule has 0 spiro atoms. The van der Waals surface area contributed by atoms with E-state index in [1.807, 2.05) is 6.92 Å². The zero-order chi connectivity index (χ0) is 12.7. The zero-order valence-electron chi connectivity index (χ0n) is 11.5. The summed E-state index contributed by atoms with van der Waals surface area (Å²) >= 11 is 0. The van der Waals surface area contributed by atoms with Gasteiger partial charge in [-0.2, -0.15) is 0 Å². The van der Waals surface area contributed by atoms with Gasteiger partial charge in [0.05, 0.1) is 0 Å². The number of rotatable bonds is 3. The molecule has 2 N–H and O–H groups in total. The standard InChI is InChI=1S/C15H24N2O/c1-9(13-7-16-8-13)15(18)17-10(2)14-6-11-3-4-12(14)5-11/h10-12,14,16H,3-8H2,1-2H3,(H,17,18). The largest absolute Gasteiger partial charge is 0.350 e. The minimum Gasteiger partial charge on any atom is -0.350 e. The lowest BCUT2D eigenvalue weighted by Crippen LogP contribution is -2.43. The van der Waals surface area contributed by atoms with Gasteiger partial charge in [0.1, 0.15) is 0 Å². The van der Waals surface area contributed by atoms with Crippen molar-refractivity contribution in [1.29, 1.82) is 0 Å². The second kappa shape index (κ2) is 4.69.